The van der Waals surface area contributed by atoms with Crippen molar-refractivity contribution in [2.24, 2.45) is 0 Å². The molecule has 0 fully saturated rings. The van der Waals surface area contributed by atoms with E-state index in [2.05, 4.69) is 5.10 Å². The first-order valence-corrected chi connectivity index (χ1v) is 8.43. The summed E-state index contributed by atoms with van der Waals surface area (Å²) in [6.07, 6.45) is -9.90. The largest absolute Gasteiger partial charge is 0.418 e. The van der Waals surface area contributed by atoms with Gasteiger partial charge in [-0.25, -0.2) is 8.78 Å². The molecule has 1 aromatic heterocycles. The van der Waals surface area contributed by atoms with Crippen LogP contribution in [0.4, 0.5) is 40.8 Å². The quantitative estimate of drug-likeness (QED) is 0.568. The number of amides is 1. The summed E-state index contributed by atoms with van der Waals surface area (Å²) in [6.45, 7) is 0. The van der Waals surface area contributed by atoms with Crippen molar-refractivity contribution in [2.45, 2.75) is 12.4 Å². The maximum atomic E-state index is 14.0. The molecule has 1 N–H and O–H groups in total. The second kappa shape index (κ2) is 8.05. The van der Waals surface area contributed by atoms with Crippen molar-refractivity contribution >= 4 is 11.6 Å². The predicted octanol–water partition coefficient (Wildman–Crippen LogP) is 4.80. The van der Waals surface area contributed by atoms with E-state index in [1.807, 2.05) is 5.32 Å². The Labute approximate surface area is 172 Å². The number of benzene rings is 2. The Hall–Kier alpha value is -3.77. The average Bonchev–Trinajstić information content (AvgIpc) is 2.67. The van der Waals surface area contributed by atoms with E-state index in [1.165, 1.54) is 0 Å². The molecule has 5 nitrogen and oxygen atoms in total. The number of halogens is 8. The maximum Gasteiger partial charge on any atom is 0.418 e. The molecule has 0 radical (unpaired) electrons. The Morgan fingerprint density at radius 1 is 0.875 bits per heavy atom. The van der Waals surface area contributed by atoms with Crippen molar-refractivity contribution in [1.29, 1.82) is 0 Å². The van der Waals surface area contributed by atoms with E-state index < -0.39 is 58.0 Å². The fraction of sp³-hybridized carbons (Fsp3) is 0.105. The van der Waals surface area contributed by atoms with Gasteiger partial charge in [-0.05, 0) is 36.4 Å². The van der Waals surface area contributed by atoms with Gasteiger partial charge in [-0.3, -0.25) is 9.59 Å². The van der Waals surface area contributed by atoms with Gasteiger partial charge in [0.05, 0.1) is 11.1 Å². The van der Waals surface area contributed by atoms with Crippen LogP contribution in [0.2, 0.25) is 0 Å². The van der Waals surface area contributed by atoms with Gasteiger partial charge in [-0.2, -0.15) is 36.1 Å². The molecule has 0 spiro atoms. The van der Waals surface area contributed by atoms with Crippen LogP contribution < -0.4 is 10.9 Å². The Bertz CT molecular complexity index is 1230. The van der Waals surface area contributed by atoms with Crippen LogP contribution in [0.1, 0.15) is 21.6 Å². The third kappa shape index (κ3) is 4.76. The van der Waals surface area contributed by atoms with E-state index in [9.17, 15) is 44.7 Å². The molecule has 3 rings (SSSR count). The summed E-state index contributed by atoms with van der Waals surface area (Å²) >= 11 is 0. The number of nitrogens with one attached hydrogen (secondary N) is 1. The molecule has 168 valence electrons. The number of rotatable bonds is 3. The van der Waals surface area contributed by atoms with Crippen molar-refractivity contribution < 1.29 is 39.9 Å². The first-order chi connectivity index (χ1) is 14.8. The minimum Gasteiger partial charge on any atom is -0.321 e. The number of hydrogen-bond donors (Lipinski definition) is 1. The van der Waals surface area contributed by atoms with Gasteiger partial charge >= 0.3 is 12.4 Å². The molecule has 32 heavy (non-hydrogen) atoms. The predicted molar refractivity (Wildman–Crippen MR) is 94.1 cm³/mol. The zero-order chi connectivity index (χ0) is 23.8. The molecule has 1 heterocycles. The zero-order valence-electron chi connectivity index (χ0n) is 15.4. The summed E-state index contributed by atoms with van der Waals surface area (Å²) in [6, 6.07) is 4.55. The molecule has 0 aliphatic carbocycles. The van der Waals surface area contributed by atoms with Gasteiger partial charge in [-0.15, -0.1) is 0 Å². The second-order valence-corrected chi connectivity index (χ2v) is 6.28. The summed E-state index contributed by atoms with van der Waals surface area (Å²) in [5.74, 6) is -3.91. The molecule has 0 aliphatic rings. The van der Waals surface area contributed by atoms with Crippen LogP contribution in [-0.4, -0.2) is 15.7 Å². The van der Waals surface area contributed by atoms with Crippen LogP contribution in [0, 0.1) is 11.6 Å². The standard InChI is InChI=1S/C19H9F8N3O2/c20-10-3-6-14(13(21)7-10)30-15(31)8-12(19(25,26)27)16(29-30)17(32)28-11-4-1-9(2-5-11)18(22,23)24/h1-8H,(H,28,32). The lowest BCUT2D eigenvalue weighted by molar-refractivity contribution is -0.138. The summed E-state index contributed by atoms with van der Waals surface area (Å²) in [5.41, 5.74) is -6.68. The maximum absolute atomic E-state index is 14.0. The van der Waals surface area contributed by atoms with Gasteiger partial charge in [0.2, 0.25) is 0 Å². The fourth-order valence-corrected chi connectivity index (χ4v) is 2.60. The van der Waals surface area contributed by atoms with Gasteiger partial charge in [0.15, 0.2) is 11.5 Å². The number of hydrogen-bond acceptors (Lipinski definition) is 3. The third-order valence-electron chi connectivity index (χ3n) is 4.06. The molecule has 3 aromatic rings. The summed E-state index contributed by atoms with van der Waals surface area (Å²) < 4.78 is 105. The Balaban J connectivity index is 2.07. The highest BCUT2D eigenvalue weighted by atomic mass is 19.4. The summed E-state index contributed by atoms with van der Waals surface area (Å²) in [7, 11) is 0. The highest BCUT2D eigenvalue weighted by Crippen LogP contribution is 2.32. The molecule has 0 atom stereocenters. The number of carbonyl (C=O) groups is 1. The highest BCUT2D eigenvalue weighted by molar-refractivity contribution is 6.03. The minimum atomic E-state index is -5.22. The van der Waals surface area contributed by atoms with Crippen LogP contribution in [-0.2, 0) is 12.4 Å². The molecular weight excluding hydrogens is 454 g/mol. The Morgan fingerprint density at radius 2 is 1.50 bits per heavy atom. The van der Waals surface area contributed by atoms with Crippen LogP contribution in [0.3, 0.4) is 0 Å². The number of aromatic nitrogens is 2. The molecule has 13 heteroatoms. The molecule has 0 saturated heterocycles. The molecule has 0 aliphatic heterocycles. The number of alkyl halides is 6. The van der Waals surface area contributed by atoms with Crippen molar-refractivity contribution in [2.75, 3.05) is 5.32 Å². The molecule has 0 saturated carbocycles. The summed E-state index contributed by atoms with van der Waals surface area (Å²) in [5, 5.41) is 5.22. The van der Waals surface area contributed by atoms with Crippen molar-refractivity contribution in [1.82, 2.24) is 9.78 Å². The first-order valence-electron chi connectivity index (χ1n) is 8.43. The monoisotopic (exact) mass is 463 g/mol. The van der Waals surface area contributed by atoms with E-state index in [1.54, 1.807) is 0 Å². The third-order valence-corrected chi connectivity index (χ3v) is 4.06. The van der Waals surface area contributed by atoms with Crippen LogP contribution in [0.25, 0.3) is 5.69 Å². The minimum absolute atomic E-state index is 0.00252. The highest BCUT2D eigenvalue weighted by Gasteiger charge is 2.38. The van der Waals surface area contributed by atoms with Crippen molar-refractivity contribution in [3.8, 4) is 5.69 Å². The van der Waals surface area contributed by atoms with Crippen LogP contribution in [0.15, 0.2) is 53.3 Å². The van der Waals surface area contributed by atoms with Gasteiger partial charge in [0.25, 0.3) is 11.5 Å². The van der Waals surface area contributed by atoms with Crippen molar-refractivity contribution in [3.05, 3.63) is 87.3 Å². The van der Waals surface area contributed by atoms with E-state index in [0.29, 0.717) is 24.3 Å². The van der Waals surface area contributed by atoms with E-state index in [4.69, 9.17) is 0 Å². The number of carbonyl (C=O) groups excluding carboxylic acids is 1. The van der Waals surface area contributed by atoms with Gasteiger partial charge < -0.3 is 5.32 Å². The lowest BCUT2D eigenvalue weighted by atomic mass is 10.1. The lowest BCUT2D eigenvalue weighted by Crippen LogP contribution is -2.30. The zero-order valence-corrected chi connectivity index (χ0v) is 15.4. The molecular formula is C19H9F8N3O2. The van der Waals surface area contributed by atoms with Gasteiger partial charge in [0.1, 0.15) is 11.5 Å². The first kappa shape index (κ1) is 22.9. The topological polar surface area (TPSA) is 64.0 Å². The molecule has 0 unspecified atom stereocenters. The van der Waals surface area contributed by atoms with E-state index in [0.717, 1.165) is 18.2 Å². The molecule has 1 amide bonds. The number of nitrogens with zero attached hydrogens (tertiary/aromatic N) is 2. The van der Waals surface area contributed by atoms with Crippen LogP contribution >= 0.6 is 0 Å². The fourth-order valence-electron chi connectivity index (χ4n) is 2.60. The normalized spacial score (nSPS) is 12.0. The van der Waals surface area contributed by atoms with Crippen molar-refractivity contribution in [3.63, 3.8) is 0 Å². The Morgan fingerprint density at radius 3 is 2.03 bits per heavy atom. The average molecular weight is 463 g/mol. The number of anilines is 1. The smallest absolute Gasteiger partial charge is 0.321 e. The summed E-state index contributed by atoms with van der Waals surface area (Å²) in [4.78, 5) is 24.5. The SMILES string of the molecule is O=C(Nc1ccc(C(F)(F)F)cc1)c1nn(-c2ccc(F)cc2F)c(=O)cc1C(F)(F)F. The van der Waals surface area contributed by atoms with Crippen LogP contribution in [0.5, 0.6) is 0 Å². The van der Waals surface area contributed by atoms with Gasteiger partial charge in [0, 0.05) is 17.8 Å². The second-order valence-electron chi connectivity index (χ2n) is 6.28. The van der Waals surface area contributed by atoms with E-state index in [-0.39, 0.29) is 16.4 Å². The van der Waals surface area contributed by atoms with E-state index >= 15 is 0 Å². The molecule has 0 bridgehead atoms. The van der Waals surface area contributed by atoms with Gasteiger partial charge in [-0.1, -0.05) is 0 Å². The Kier molecular flexibility index (Phi) is 5.76. The molecule has 2 aromatic carbocycles. The lowest BCUT2D eigenvalue weighted by Gasteiger charge is -2.15.